The lowest BCUT2D eigenvalue weighted by Gasteiger charge is -2.16. The van der Waals surface area contributed by atoms with Gasteiger partial charge in [-0.15, -0.1) is 0 Å². The first-order chi connectivity index (χ1) is 10.1. The van der Waals surface area contributed by atoms with E-state index in [2.05, 4.69) is 26.2 Å². The van der Waals surface area contributed by atoms with Crippen LogP contribution in [0.2, 0.25) is 0 Å². The monoisotopic (exact) mass is 347 g/mol. The Balaban J connectivity index is 2.12. The zero-order chi connectivity index (χ0) is 15.2. The van der Waals surface area contributed by atoms with Gasteiger partial charge in [-0.1, -0.05) is 24.3 Å². The van der Waals surface area contributed by atoms with E-state index in [0.29, 0.717) is 10.2 Å². The van der Waals surface area contributed by atoms with Gasteiger partial charge in [-0.3, -0.25) is 9.59 Å². The third-order valence-corrected chi connectivity index (χ3v) is 3.66. The molecule has 3 N–H and O–H groups in total. The van der Waals surface area contributed by atoms with Gasteiger partial charge in [0.05, 0.1) is 0 Å². The van der Waals surface area contributed by atoms with Gasteiger partial charge in [0.15, 0.2) is 0 Å². The first kappa shape index (κ1) is 15.2. The highest BCUT2D eigenvalue weighted by atomic mass is 79.9. The molecule has 0 unspecified atom stereocenters. The standard InChI is InChI=1S/C15H14BrN3O2/c16-13-11(7-4-8-18-13)9-12(14(17)20)19-15(21)10-5-2-1-3-6-10/h1-8,12H,9H2,(H2,17,20)(H,19,21)/t12-/m1/s1. The Bertz CT molecular complexity index is 646. The van der Waals surface area contributed by atoms with Crippen LogP contribution in [0.15, 0.2) is 53.3 Å². The molecule has 1 atom stereocenters. The molecule has 6 heteroatoms. The summed E-state index contributed by atoms with van der Waals surface area (Å²) in [6.07, 6.45) is 1.91. The van der Waals surface area contributed by atoms with Gasteiger partial charge >= 0.3 is 0 Å². The average molecular weight is 348 g/mol. The van der Waals surface area contributed by atoms with E-state index in [4.69, 9.17) is 5.73 Å². The molecule has 1 heterocycles. The van der Waals surface area contributed by atoms with Gasteiger partial charge < -0.3 is 11.1 Å². The molecule has 1 aromatic heterocycles. The summed E-state index contributed by atoms with van der Waals surface area (Å²) in [6.45, 7) is 0. The van der Waals surface area contributed by atoms with E-state index < -0.39 is 11.9 Å². The fourth-order valence-electron chi connectivity index (χ4n) is 1.85. The Morgan fingerprint density at radius 3 is 2.52 bits per heavy atom. The van der Waals surface area contributed by atoms with Crippen LogP contribution in [0.5, 0.6) is 0 Å². The summed E-state index contributed by atoms with van der Waals surface area (Å²) in [6, 6.07) is 11.5. The molecule has 2 rings (SSSR count). The van der Waals surface area contributed by atoms with Crippen LogP contribution in [-0.2, 0) is 11.2 Å². The molecule has 5 nitrogen and oxygen atoms in total. The van der Waals surface area contributed by atoms with Crippen molar-refractivity contribution in [1.82, 2.24) is 10.3 Å². The minimum absolute atomic E-state index is 0.280. The van der Waals surface area contributed by atoms with E-state index >= 15 is 0 Å². The molecule has 21 heavy (non-hydrogen) atoms. The molecule has 0 bridgehead atoms. The molecular formula is C15H14BrN3O2. The Kier molecular flexibility index (Phi) is 5.05. The summed E-state index contributed by atoms with van der Waals surface area (Å²) < 4.78 is 0.630. The van der Waals surface area contributed by atoms with E-state index in [0.717, 1.165) is 5.56 Å². The van der Waals surface area contributed by atoms with Gasteiger partial charge in [-0.2, -0.15) is 0 Å². The first-order valence-electron chi connectivity index (χ1n) is 6.32. The van der Waals surface area contributed by atoms with E-state index in [1.54, 1.807) is 36.5 Å². The lowest BCUT2D eigenvalue weighted by Crippen LogP contribution is -2.45. The fourth-order valence-corrected chi connectivity index (χ4v) is 2.26. The number of hydrogen-bond donors (Lipinski definition) is 2. The van der Waals surface area contributed by atoms with Crippen molar-refractivity contribution < 1.29 is 9.59 Å². The van der Waals surface area contributed by atoms with E-state index in [-0.39, 0.29) is 12.3 Å². The normalized spacial score (nSPS) is 11.7. The highest BCUT2D eigenvalue weighted by Crippen LogP contribution is 2.14. The summed E-state index contributed by atoms with van der Waals surface area (Å²) in [5.74, 6) is -0.922. The Morgan fingerprint density at radius 1 is 1.19 bits per heavy atom. The Labute approximate surface area is 130 Å². The van der Waals surface area contributed by atoms with Crippen LogP contribution in [0.4, 0.5) is 0 Å². The van der Waals surface area contributed by atoms with Crippen LogP contribution in [0.1, 0.15) is 15.9 Å². The molecule has 0 fully saturated rings. The van der Waals surface area contributed by atoms with Crippen molar-refractivity contribution in [3.63, 3.8) is 0 Å². The zero-order valence-electron chi connectivity index (χ0n) is 11.1. The van der Waals surface area contributed by atoms with Crippen molar-refractivity contribution in [3.05, 3.63) is 64.4 Å². The van der Waals surface area contributed by atoms with Crippen LogP contribution in [0.25, 0.3) is 0 Å². The molecule has 0 saturated heterocycles. The number of aromatic nitrogens is 1. The average Bonchev–Trinajstić information content (AvgIpc) is 2.49. The quantitative estimate of drug-likeness (QED) is 0.806. The van der Waals surface area contributed by atoms with E-state index in [1.807, 2.05) is 12.1 Å². The number of carbonyl (C=O) groups excluding carboxylic acids is 2. The molecule has 0 aliphatic heterocycles. The highest BCUT2D eigenvalue weighted by molar-refractivity contribution is 9.10. The van der Waals surface area contributed by atoms with Crippen molar-refractivity contribution in [1.29, 1.82) is 0 Å². The number of hydrogen-bond acceptors (Lipinski definition) is 3. The van der Waals surface area contributed by atoms with E-state index in [1.165, 1.54) is 0 Å². The SMILES string of the molecule is NC(=O)[C@@H](Cc1cccnc1Br)NC(=O)c1ccccc1. The molecule has 1 aromatic carbocycles. The molecule has 0 saturated carbocycles. The summed E-state index contributed by atoms with van der Waals surface area (Å²) in [4.78, 5) is 27.7. The number of benzene rings is 1. The zero-order valence-corrected chi connectivity index (χ0v) is 12.7. The first-order valence-corrected chi connectivity index (χ1v) is 7.12. The molecule has 2 amide bonds. The predicted molar refractivity (Wildman–Crippen MR) is 82.5 cm³/mol. The number of primary amides is 1. The Hall–Kier alpha value is -2.21. The van der Waals surface area contributed by atoms with Crippen LogP contribution >= 0.6 is 15.9 Å². The van der Waals surface area contributed by atoms with Crippen molar-refractivity contribution in [2.45, 2.75) is 12.5 Å². The van der Waals surface area contributed by atoms with Crippen LogP contribution in [0.3, 0.4) is 0 Å². The second-order valence-corrected chi connectivity index (χ2v) is 5.20. The number of rotatable bonds is 5. The maximum absolute atomic E-state index is 12.1. The summed E-state index contributed by atoms with van der Waals surface area (Å²) in [7, 11) is 0. The molecule has 108 valence electrons. The number of amides is 2. The van der Waals surface area contributed by atoms with Crippen LogP contribution in [0, 0.1) is 0 Å². The summed E-state index contributed by atoms with van der Waals surface area (Å²) >= 11 is 3.31. The third-order valence-electron chi connectivity index (χ3n) is 2.95. The number of nitrogens with zero attached hydrogens (tertiary/aromatic N) is 1. The topological polar surface area (TPSA) is 85.1 Å². The number of halogens is 1. The number of nitrogens with one attached hydrogen (secondary N) is 1. The molecule has 0 radical (unpaired) electrons. The van der Waals surface area contributed by atoms with Crippen LogP contribution < -0.4 is 11.1 Å². The number of nitrogens with two attached hydrogens (primary N) is 1. The minimum atomic E-state index is -0.793. The van der Waals surface area contributed by atoms with Gasteiger partial charge in [-0.05, 0) is 39.7 Å². The largest absolute Gasteiger partial charge is 0.368 e. The van der Waals surface area contributed by atoms with Crippen molar-refractivity contribution in [2.75, 3.05) is 0 Å². The minimum Gasteiger partial charge on any atom is -0.368 e. The summed E-state index contributed by atoms with van der Waals surface area (Å²) in [5.41, 5.74) is 6.65. The van der Waals surface area contributed by atoms with Crippen molar-refractivity contribution in [3.8, 4) is 0 Å². The van der Waals surface area contributed by atoms with Crippen LogP contribution in [-0.4, -0.2) is 22.8 Å². The van der Waals surface area contributed by atoms with Gasteiger partial charge in [0.1, 0.15) is 10.6 Å². The molecule has 2 aromatic rings. The third kappa shape index (κ3) is 4.13. The van der Waals surface area contributed by atoms with Gasteiger partial charge in [0, 0.05) is 18.2 Å². The smallest absolute Gasteiger partial charge is 0.251 e. The molecule has 0 aliphatic rings. The maximum atomic E-state index is 12.1. The highest BCUT2D eigenvalue weighted by Gasteiger charge is 2.20. The van der Waals surface area contributed by atoms with Gasteiger partial charge in [0.2, 0.25) is 5.91 Å². The molecular weight excluding hydrogens is 334 g/mol. The summed E-state index contributed by atoms with van der Waals surface area (Å²) in [5, 5.41) is 2.65. The van der Waals surface area contributed by atoms with Gasteiger partial charge in [-0.25, -0.2) is 4.98 Å². The molecule has 0 aliphatic carbocycles. The predicted octanol–water partition coefficient (Wildman–Crippen LogP) is 1.67. The second kappa shape index (κ2) is 6.99. The van der Waals surface area contributed by atoms with Crippen molar-refractivity contribution in [2.24, 2.45) is 5.73 Å². The van der Waals surface area contributed by atoms with E-state index in [9.17, 15) is 9.59 Å². The van der Waals surface area contributed by atoms with Crippen molar-refractivity contribution >= 4 is 27.7 Å². The second-order valence-electron chi connectivity index (χ2n) is 4.45. The maximum Gasteiger partial charge on any atom is 0.251 e. The fraction of sp³-hybridized carbons (Fsp3) is 0.133. The molecule has 0 spiro atoms. The number of carbonyl (C=O) groups is 2. The number of pyridine rings is 1. The Morgan fingerprint density at radius 2 is 1.90 bits per heavy atom. The lowest BCUT2D eigenvalue weighted by molar-refractivity contribution is -0.119. The lowest BCUT2D eigenvalue weighted by atomic mass is 10.1. The van der Waals surface area contributed by atoms with Gasteiger partial charge in [0.25, 0.3) is 5.91 Å².